The maximum Gasteiger partial charge on any atom is 0.169 e. The third-order valence-electron chi connectivity index (χ3n) is 4.62. The van der Waals surface area contributed by atoms with Crippen molar-refractivity contribution in [2.75, 3.05) is 32.7 Å². The zero-order valence-electron chi connectivity index (χ0n) is 14.9. The van der Waals surface area contributed by atoms with Crippen molar-refractivity contribution in [2.45, 2.75) is 13.0 Å². The van der Waals surface area contributed by atoms with Crippen molar-refractivity contribution in [3.63, 3.8) is 0 Å². The van der Waals surface area contributed by atoms with Gasteiger partial charge in [0.05, 0.1) is 5.56 Å². The molecular weight excluding hydrogens is 393 g/mol. The first-order valence-electron chi connectivity index (χ1n) is 8.59. The summed E-state index contributed by atoms with van der Waals surface area (Å²) in [5.41, 5.74) is 1.15. The molecule has 2 aromatic carbocycles. The van der Waals surface area contributed by atoms with Crippen LogP contribution in [0, 0.1) is 11.6 Å². The second-order valence-corrected chi connectivity index (χ2v) is 6.38. The van der Waals surface area contributed by atoms with Gasteiger partial charge in [-0.15, -0.1) is 24.8 Å². The van der Waals surface area contributed by atoms with Crippen LogP contribution in [0.3, 0.4) is 0 Å². The van der Waals surface area contributed by atoms with E-state index < -0.39 is 11.6 Å². The summed E-state index contributed by atoms with van der Waals surface area (Å²) in [4.78, 5) is 16.7. The van der Waals surface area contributed by atoms with Gasteiger partial charge in [-0.05, 0) is 17.7 Å². The van der Waals surface area contributed by atoms with Crippen molar-refractivity contribution in [1.29, 1.82) is 0 Å². The third kappa shape index (κ3) is 6.54. The van der Waals surface area contributed by atoms with E-state index in [9.17, 15) is 13.6 Å². The molecule has 1 aliphatic rings. The summed E-state index contributed by atoms with van der Waals surface area (Å²) in [6, 6.07) is 14.1. The Kier molecular flexibility index (Phi) is 9.88. The fourth-order valence-corrected chi connectivity index (χ4v) is 3.13. The SMILES string of the molecule is Cl.Cl.O=C(CCN1CCN(Cc2ccccc2)CC1)c1cccc(F)c1F. The molecule has 1 fully saturated rings. The van der Waals surface area contributed by atoms with Crippen LogP contribution in [0.1, 0.15) is 22.3 Å². The molecule has 0 aromatic heterocycles. The number of piperazine rings is 1. The van der Waals surface area contributed by atoms with Gasteiger partial charge in [-0.3, -0.25) is 9.69 Å². The van der Waals surface area contributed by atoms with Gasteiger partial charge in [-0.25, -0.2) is 8.78 Å². The number of Topliss-reactive ketones (excluding diaryl/α,β-unsaturated/α-hetero) is 1. The molecule has 0 spiro atoms. The smallest absolute Gasteiger partial charge is 0.169 e. The van der Waals surface area contributed by atoms with E-state index in [1.54, 1.807) is 0 Å². The molecule has 0 aliphatic carbocycles. The van der Waals surface area contributed by atoms with Crippen LogP contribution in [0.15, 0.2) is 48.5 Å². The Labute approximate surface area is 171 Å². The maximum atomic E-state index is 13.7. The number of nitrogens with zero attached hydrogens (tertiary/aromatic N) is 2. The van der Waals surface area contributed by atoms with Crippen LogP contribution in [0.5, 0.6) is 0 Å². The molecule has 0 amide bonds. The molecule has 3 rings (SSSR count). The topological polar surface area (TPSA) is 23.6 Å². The first-order chi connectivity index (χ1) is 12.1. The van der Waals surface area contributed by atoms with Gasteiger partial charge in [0.25, 0.3) is 0 Å². The van der Waals surface area contributed by atoms with Gasteiger partial charge >= 0.3 is 0 Å². The van der Waals surface area contributed by atoms with Crippen LogP contribution in [0.25, 0.3) is 0 Å². The highest BCUT2D eigenvalue weighted by molar-refractivity contribution is 5.96. The fourth-order valence-electron chi connectivity index (χ4n) is 3.13. The second-order valence-electron chi connectivity index (χ2n) is 6.38. The van der Waals surface area contributed by atoms with Crippen LogP contribution < -0.4 is 0 Å². The predicted molar refractivity (Wildman–Crippen MR) is 108 cm³/mol. The molecular formula is C20H24Cl2F2N2O. The van der Waals surface area contributed by atoms with Crippen LogP contribution in [-0.2, 0) is 6.54 Å². The first kappa shape index (κ1) is 23.5. The number of benzene rings is 2. The first-order valence-corrected chi connectivity index (χ1v) is 8.59. The molecule has 0 unspecified atom stereocenters. The van der Waals surface area contributed by atoms with E-state index in [1.807, 2.05) is 18.2 Å². The Hall–Kier alpha value is -1.53. The lowest BCUT2D eigenvalue weighted by molar-refractivity contribution is 0.0918. The molecule has 1 heterocycles. The summed E-state index contributed by atoms with van der Waals surface area (Å²) < 4.78 is 26.9. The van der Waals surface area contributed by atoms with E-state index in [0.717, 1.165) is 38.8 Å². The minimum absolute atomic E-state index is 0. The number of hydrogen-bond donors (Lipinski definition) is 0. The molecule has 0 radical (unpaired) electrons. The largest absolute Gasteiger partial charge is 0.300 e. The van der Waals surface area contributed by atoms with Crippen molar-refractivity contribution in [2.24, 2.45) is 0 Å². The Morgan fingerprint density at radius 2 is 1.48 bits per heavy atom. The van der Waals surface area contributed by atoms with Gasteiger partial charge in [0.1, 0.15) is 0 Å². The summed E-state index contributed by atoms with van der Waals surface area (Å²) in [5.74, 6) is -2.36. The molecule has 0 saturated carbocycles. The molecule has 148 valence electrons. The predicted octanol–water partition coefficient (Wildman–Crippen LogP) is 4.20. The van der Waals surface area contributed by atoms with Crippen LogP contribution >= 0.6 is 24.8 Å². The zero-order valence-corrected chi connectivity index (χ0v) is 16.6. The number of carbonyl (C=O) groups excluding carboxylic acids is 1. The average molecular weight is 417 g/mol. The van der Waals surface area contributed by atoms with Crippen molar-refractivity contribution < 1.29 is 13.6 Å². The lowest BCUT2D eigenvalue weighted by Gasteiger charge is -2.34. The standard InChI is InChI=1S/C20H22F2N2O.2ClH/c21-18-8-4-7-17(20(18)22)19(25)9-10-23-11-13-24(14-12-23)15-16-5-2-1-3-6-16;;/h1-8H,9-15H2;2*1H. The summed E-state index contributed by atoms with van der Waals surface area (Å²) in [6.45, 7) is 5.16. The quantitative estimate of drug-likeness (QED) is 0.659. The highest BCUT2D eigenvalue weighted by Gasteiger charge is 2.19. The van der Waals surface area contributed by atoms with Crippen LogP contribution in [0.2, 0.25) is 0 Å². The van der Waals surface area contributed by atoms with Gasteiger partial charge in [-0.1, -0.05) is 36.4 Å². The van der Waals surface area contributed by atoms with Gasteiger partial charge in [0.15, 0.2) is 17.4 Å². The summed E-state index contributed by atoms with van der Waals surface area (Å²) in [6.07, 6.45) is 0.207. The maximum absolute atomic E-state index is 13.7. The average Bonchev–Trinajstić information content (AvgIpc) is 2.64. The Morgan fingerprint density at radius 1 is 0.852 bits per heavy atom. The monoisotopic (exact) mass is 416 g/mol. The fraction of sp³-hybridized carbons (Fsp3) is 0.350. The Bertz CT molecular complexity index is 723. The molecule has 1 saturated heterocycles. The van der Waals surface area contributed by atoms with Gasteiger partial charge in [0, 0.05) is 45.7 Å². The number of hydrogen-bond acceptors (Lipinski definition) is 3. The highest BCUT2D eigenvalue weighted by Crippen LogP contribution is 2.14. The highest BCUT2D eigenvalue weighted by atomic mass is 35.5. The molecule has 1 aliphatic heterocycles. The van der Waals surface area contributed by atoms with E-state index in [1.165, 1.54) is 17.7 Å². The summed E-state index contributed by atoms with van der Waals surface area (Å²) in [7, 11) is 0. The van der Waals surface area contributed by atoms with Gasteiger partial charge in [-0.2, -0.15) is 0 Å². The zero-order chi connectivity index (χ0) is 17.6. The molecule has 2 aromatic rings. The normalized spacial score (nSPS) is 14.9. The van der Waals surface area contributed by atoms with Crippen LogP contribution in [-0.4, -0.2) is 48.3 Å². The van der Waals surface area contributed by atoms with E-state index in [-0.39, 0.29) is 42.6 Å². The summed E-state index contributed by atoms with van der Waals surface area (Å²) in [5, 5.41) is 0. The molecule has 0 atom stereocenters. The molecule has 3 nitrogen and oxygen atoms in total. The number of carbonyl (C=O) groups is 1. The molecule has 0 N–H and O–H groups in total. The summed E-state index contributed by atoms with van der Waals surface area (Å²) >= 11 is 0. The van der Waals surface area contributed by atoms with Crippen molar-refractivity contribution >= 4 is 30.6 Å². The minimum atomic E-state index is -1.04. The lowest BCUT2D eigenvalue weighted by Crippen LogP contribution is -2.46. The number of rotatable bonds is 6. The van der Waals surface area contributed by atoms with Crippen molar-refractivity contribution in [3.8, 4) is 0 Å². The lowest BCUT2D eigenvalue weighted by atomic mass is 10.1. The van der Waals surface area contributed by atoms with Crippen molar-refractivity contribution in [1.82, 2.24) is 9.80 Å². The van der Waals surface area contributed by atoms with E-state index in [4.69, 9.17) is 0 Å². The molecule has 0 bridgehead atoms. The van der Waals surface area contributed by atoms with Crippen LogP contribution in [0.4, 0.5) is 8.78 Å². The van der Waals surface area contributed by atoms with E-state index in [2.05, 4.69) is 21.9 Å². The molecule has 7 heteroatoms. The van der Waals surface area contributed by atoms with Gasteiger partial charge in [0.2, 0.25) is 0 Å². The second kappa shape index (κ2) is 11.3. The number of ketones is 1. The van der Waals surface area contributed by atoms with Gasteiger partial charge < -0.3 is 4.90 Å². The van der Waals surface area contributed by atoms with E-state index >= 15 is 0 Å². The third-order valence-corrected chi connectivity index (χ3v) is 4.62. The minimum Gasteiger partial charge on any atom is -0.300 e. The number of halogens is 4. The molecule has 27 heavy (non-hydrogen) atoms. The van der Waals surface area contributed by atoms with E-state index in [0.29, 0.717) is 6.54 Å². The Balaban J connectivity index is 0.00000182. The Morgan fingerprint density at radius 3 is 2.15 bits per heavy atom. The van der Waals surface area contributed by atoms with Crippen molar-refractivity contribution in [3.05, 3.63) is 71.3 Å².